The molecule has 0 fully saturated rings. The van der Waals surface area contributed by atoms with E-state index < -0.39 is 17.7 Å². The predicted molar refractivity (Wildman–Crippen MR) is 88.5 cm³/mol. The Bertz CT molecular complexity index is 798. The van der Waals surface area contributed by atoms with E-state index in [1.165, 1.54) is 36.4 Å². The first kappa shape index (κ1) is 16.9. The first-order chi connectivity index (χ1) is 10.9. The third-order valence-electron chi connectivity index (χ3n) is 2.78. The van der Waals surface area contributed by atoms with E-state index in [0.717, 1.165) is 6.07 Å². The van der Waals surface area contributed by atoms with Crippen LogP contribution < -0.4 is 10.6 Å². The number of amides is 1. The van der Waals surface area contributed by atoms with Crippen molar-refractivity contribution in [2.24, 2.45) is 0 Å². The van der Waals surface area contributed by atoms with Crippen LogP contribution in [0.5, 0.6) is 0 Å². The Morgan fingerprint density at radius 2 is 1.87 bits per heavy atom. The van der Waals surface area contributed by atoms with Crippen molar-refractivity contribution in [3.05, 3.63) is 64.4 Å². The molecule has 0 aliphatic heterocycles. The average molecular weight is 353 g/mol. The number of thiocarbonyl (C=S) groups is 1. The van der Waals surface area contributed by atoms with Crippen LogP contribution in [0.15, 0.2) is 42.5 Å². The number of rotatable bonds is 3. The van der Waals surface area contributed by atoms with Gasteiger partial charge < -0.3 is 10.4 Å². The standard InChI is InChI=1S/C15H10ClFN2O3S/c16-11-5-4-9(14(21)22)7-12(11)18-15(23)19-13(20)8-2-1-3-10(17)6-8/h1-7H,(H,21,22)(H2,18,19,20,23). The number of carbonyl (C=O) groups is 2. The normalized spacial score (nSPS) is 10.0. The summed E-state index contributed by atoms with van der Waals surface area (Å²) in [5.41, 5.74) is 0.340. The lowest BCUT2D eigenvalue weighted by Gasteiger charge is -2.11. The predicted octanol–water partition coefficient (Wildman–Crippen LogP) is 3.30. The third-order valence-corrected chi connectivity index (χ3v) is 3.31. The maximum absolute atomic E-state index is 13.1. The highest BCUT2D eigenvalue weighted by molar-refractivity contribution is 7.80. The maximum atomic E-state index is 13.1. The van der Waals surface area contributed by atoms with E-state index in [1.54, 1.807) is 0 Å². The number of hydrogen-bond acceptors (Lipinski definition) is 3. The van der Waals surface area contributed by atoms with Crippen LogP contribution in [-0.2, 0) is 0 Å². The number of aromatic carboxylic acids is 1. The van der Waals surface area contributed by atoms with Gasteiger partial charge in [-0.1, -0.05) is 17.7 Å². The zero-order valence-electron chi connectivity index (χ0n) is 11.5. The molecule has 0 aliphatic carbocycles. The molecule has 0 bridgehead atoms. The largest absolute Gasteiger partial charge is 0.478 e. The molecule has 0 atom stereocenters. The van der Waals surface area contributed by atoms with Gasteiger partial charge in [-0.2, -0.15) is 0 Å². The molecule has 3 N–H and O–H groups in total. The second-order valence-electron chi connectivity index (χ2n) is 4.42. The van der Waals surface area contributed by atoms with Crippen LogP contribution in [0.2, 0.25) is 5.02 Å². The molecule has 118 valence electrons. The average Bonchev–Trinajstić information content (AvgIpc) is 2.49. The van der Waals surface area contributed by atoms with Crippen molar-refractivity contribution in [2.45, 2.75) is 0 Å². The Kier molecular flexibility index (Phi) is 5.25. The third kappa shape index (κ3) is 4.48. The molecule has 2 aromatic carbocycles. The van der Waals surface area contributed by atoms with Gasteiger partial charge in [-0.25, -0.2) is 9.18 Å². The van der Waals surface area contributed by atoms with Crippen LogP contribution in [-0.4, -0.2) is 22.1 Å². The van der Waals surface area contributed by atoms with E-state index in [9.17, 15) is 14.0 Å². The minimum Gasteiger partial charge on any atom is -0.478 e. The molecule has 5 nitrogen and oxygen atoms in total. The Morgan fingerprint density at radius 3 is 2.52 bits per heavy atom. The summed E-state index contributed by atoms with van der Waals surface area (Å²) in [4.78, 5) is 22.9. The van der Waals surface area contributed by atoms with Gasteiger partial charge in [-0.05, 0) is 48.6 Å². The molecular weight excluding hydrogens is 343 g/mol. The monoisotopic (exact) mass is 352 g/mol. The van der Waals surface area contributed by atoms with Crippen LogP contribution >= 0.6 is 23.8 Å². The summed E-state index contributed by atoms with van der Waals surface area (Å²) in [7, 11) is 0. The molecule has 0 saturated heterocycles. The van der Waals surface area contributed by atoms with Crippen molar-refractivity contribution >= 4 is 46.5 Å². The molecule has 2 aromatic rings. The van der Waals surface area contributed by atoms with E-state index in [1.807, 2.05) is 0 Å². The van der Waals surface area contributed by atoms with Crippen molar-refractivity contribution in [3.8, 4) is 0 Å². The van der Waals surface area contributed by atoms with E-state index in [2.05, 4.69) is 10.6 Å². The number of carboxylic acids is 1. The van der Waals surface area contributed by atoms with Gasteiger partial charge >= 0.3 is 5.97 Å². The molecule has 0 radical (unpaired) electrons. The summed E-state index contributed by atoms with van der Waals surface area (Å²) in [6.45, 7) is 0. The highest BCUT2D eigenvalue weighted by Crippen LogP contribution is 2.23. The first-order valence-corrected chi connectivity index (χ1v) is 7.06. The zero-order chi connectivity index (χ0) is 17.0. The SMILES string of the molecule is O=C(O)c1ccc(Cl)c(NC(=S)NC(=O)c2cccc(F)c2)c1. The number of benzene rings is 2. The molecule has 0 unspecified atom stereocenters. The summed E-state index contributed by atoms with van der Waals surface area (Å²) in [6, 6.07) is 9.12. The minimum atomic E-state index is -1.13. The molecule has 0 spiro atoms. The number of hydrogen-bond donors (Lipinski definition) is 3. The molecule has 1 amide bonds. The van der Waals surface area contributed by atoms with Crippen LogP contribution in [0, 0.1) is 5.82 Å². The number of carbonyl (C=O) groups excluding carboxylic acids is 1. The fourth-order valence-corrected chi connectivity index (χ4v) is 2.08. The highest BCUT2D eigenvalue weighted by Gasteiger charge is 2.11. The van der Waals surface area contributed by atoms with E-state index >= 15 is 0 Å². The summed E-state index contributed by atoms with van der Waals surface area (Å²) in [5.74, 6) is -2.28. The van der Waals surface area contributed by atoms with Gasteiger partial charge in [-0.15, -0.1) is 0 Å². The molecule has 2 rings (SSSR count). The van der Waals surface area contributed by atoms with Crippen molar-refractivity contribution in [3.63, 3.8) is 0 Å². The van der Waals surface area contributed by atoms with Crippen molar-refractivity contribution in [1.29, 1.82) is 0 Å². The minimum absolute atomic E-state index is 0.0103. The molecule has 0 heterocycles. The molecule has 0 aromatic heterocycles. The summed E-state index contributed by atoms with van der Waals surface area (Å²) >= 11 is 10.9. The van der Waals surface area contributed by atoms with Crippen molar-refractivity contribution < 1.29 is 19.1 Å². The van der Waals surface area contributed by atoms with E-state index in [4.69, 9.17) is 28.9 Å². The van der Waals surface area contributed by atoms with Crippen LogP contribution in [0.3, 0.4) is 0 Å². The lowest BCUT2D eigenvalue weighted by Crippen LogP contribution is -2.34. The summed E-state index contributed by atoms with van der Waals surface area (Å²) in [6.07, 6.45) is 0. The van der Waals surface area contributed by atoms with Crippen LogP contribution in [0.4, 0.5) is 10.1 Å². The second kappa shape index (κ2) is 7.17. The number of halogens is 2. The molecule has 8 heteroatoms. The Hall–Kier alpha value is -2.51. The van der Waals surface area contributed by atoms with Gasteiger partial charge in [0, 0.05) is 5.56 Å². The zero-order valence-corrected chi connectivity index (χ0v) is 13.0. The van der Waals surface area contributed by atoms with Crippen molar-refractivity contribution in [1.82, 2.24) is 5.32 Å². The Balaban J connectivity index is 2.09. The maximum Gasteiger partial charge on any atom is 0.335 e. The molecule has 23 heavy (non-hydrogen) atoms. The number of carboxylic acid groups (broad SMARTS) is 1. The number of anilines is 1. The Labute approximate surface area is 141 Å². The smallest absolute Gasteiger partial charge is 0.335 e. The Morgan fingerprint density at radius 1 is 1.13 bits per heavy atom. The van der Waals surface area contributed by atoms with Gasteiger partial charge in [0.25, 0.3) is 5.91 Å². The van der Waals surface area contributed by atoms with Crippen molar-refractivity contribution in [2.75, 3.05) is 5.32 Å². The quantitative estimate of drug-likeness (QED) is 0.739. The summed E-state index contributed by atoms with van der Waals surface area (Å²) in [5, 5.41) is 14.1. The highest BCUT2D eigenvalue weighted by atomic mass is 35.5. The van der Waals surface area contributed by atoms with Gasteiger partial charge in [0.05, 0.1) is 16.3 Å². The lowest BCUT2D eigenvalue weighted by atomic mass is 10.2. The van der Waals surface area contributed by atoms with E-state index in [0.29, 0.717) is 0 Å². The van der Waals surface area contributed by atoms with Gasteiger partial charge in [-0.3, -0.25) is 10.1 Å². The molecular formula is C15H10ClFN2O3S. The van der Waals surface area contributed by atoms with E-state index in [-0.39, 0.29) is 26.9 Å². The van der Waals surface area contributed by atoms with Gasteiger partial charge in [0.2, 0.25) is 0 Å². The molecule has 0 aliphatic rings. The topological polar surface area (TPSA) is 78.4 Å². The summed E-state index contributed by atoms with van der Waals surface area (Å²) < 4.78 is 13.1. The van der Waals surface area contributed by atoms with Crippen LogP contribution in [0.1, 0.15) is 20.7 Å². The van der Waals surface area contributed by atoms with Gasteiger partial charge in [0.1, 0.15) is 5.82 Å². The second-order valence-corrected chi connectivity index (χ2v) is 5.23. The fraction of sp³-hybridized carbons (Fsp3) is 0. The van der Waals surface area contributed by atoms with Crippen LogP contribution in [0.25, 0.3) is 0 Å². The fourth-order valence-electron chi connectivity index (χ4n) is 1.71. The first-order valence-electron chi connectivity index (χ1n) is 6.27. The molecule has 0 saturated carbocycles. The lowest BCUT2D eigenvalue weighted by molar-refractivity contribution is 0.0696. The van der Waals surface area contributed by atoms with Gasteiger partial charge in [0.15, 0.2) is 5.11 Å². The number of nitrogens with one attached hydrogen (secondary N) is 2.